The van der Waals surface area contributed by atoms with E-state index in [0.717, 1.165) is 12.2 Å². The molecular weight excluding hydrogens is 250 g/mol. The van der Waals surface area contributed by atoms with Gasteiger partial charge in [-0.2, -0.15) is 4.31 Å². The zero-order chi connectivity index (χ0) is 11.8. The molecule has 0 saturated carbocycles. The lowest BCUT2D eigenvalue weighted by atomic mass is 10.5. The molecule has 2 heterocycles. The lowest BCUT2D eigenvalue weighted by Gasteiger charge is -2.24. The first-order valence-corrected chi connectivity index (χ1v) is 7.42. The van der Waals surface area contributed by atoms with Gasteiger partial charge in [-0.15, -0.1) is 11.8 Å². The third-order valence-electron chi connectivity index (χ3n) is 2.36. The highest BCUT2D eigenvalue weighted by Gasteiger charge is 2.32. The fourth-order valence-corrected chi connectivity index (χ4v) is 4.49. The molecule has 1 aliphatic rings. The zero-order valence-corrected chi connectivity index (χ0v) is 10.5. The van der Waals surface area contributed by atoms with Crippen molar-refractivity contribution >= 4 is 27.6 Å². The summed E-state index contributed by atoms with van der Waals surface area (Å²) in [5.74, 6) is 1.64. The zero-order valence-electron chi connectivity index (χ0n) is 8.84. The first-order chi connectivity index (χ1) is 7.53. The largest absolute Gasteiger partial charge is 0.380 e. The molecule has 0 unspecified atom stereocenters. The van der Waals surface area contributed by atoms with Crippen LogP contribution in [0, 0.1) is 6.92 Å². The number of hydrogen-bond donors (Lipinski definition) is 1. The van der Waals surface area contributed by atoms with Gasteiger partial charge in [-0.05, 0) is 19.1 Å². The fourth-order valence-electron chi connectivity index (χ4n) is 1.59. The van der Waals surface area contributed by atoms with E-state index in [1.54, 1.807) is 18.7 Å². The standard InChI is InChI=1S/C8H13N3O3S2/c1-6-7(8(9)10-14-6)16(12,13)11-3-2-4-15-5-11/h2-5H2,1H3,(H2,9,10). The Labute approximate surface area is 98.2 Å². The van der Waals surface area contributed by atoms with Gasteiger partial charge in [0.05, 0.1) is 5.88 Å². The minimum atomic E-state index is -3.55. The van der Waals surface area contributed by atoms with E-state index in [2.05, 4.69) is 5.16 Å². The van der Waals surface area contributed by atoms with E-state index >= 15 is 0 Å². The molecule has 1 saturated heterocycles. The van der Waals surface area contributed by atoms with Crippen molar-refractivity contribution in [3.63, 3.8) is 0 Å². The topological polar surface area (TPSA) is 89.4 Å². The van der Waals surface area contributed by atoms with Crippen LogP contribution in [0.4, 0.5) is 5.82 Å². The highest BCUT2D eigenvalue weighted by Crippen LogP contribution is 2.28. The third-order valence-corrected chi connectivity index (χ3v) is 5.60. The fraction of sp³-hybridized carbons (Fsp3) is 0.625. The van der Waals surface area contributed by atoms with E-state index in [1.165, 1.54) is 4.31 Å². The van der Waals surface area contributed by atoms with Crippen LogP contribution in [0.2, 0.25) is 0 Å². The first kappa shape index (κ1) is 11.7. The summed E-state index contributed by atoms with van der Waals surface area (Å²) in [5.41, 5.74) is 5.52. The molecule has 2 N–H and O–H groups in total. The molecule has 1 aromatic rings. The van der Waals surface area contributed by atoms with Crippen LogP contribution < -0.4 is 5.73 Å². The molecule has 0 spiro atoms. The summed E-state index contributed by atoms with van der Waals surface area (Å²) < 4.78 is 30.6. The number of nitrogens with zero attached hydrogens (tertiary/aromatic N) is 2. The van der Waals surface area contributed by atoms with E-state index in [4.69, 9.17) is 10.3 Å². The van der Waals surface area contributed by atoms with Crippen molar-refractivity contribution in [1.82, 2.24) is 9.46 Å². The summed E-state index contributed by atoms with van der Waals surface area (Å²) >= 11 is 1.59. The number of anilines is 1. The van der Waals surface area contributed by atoms with Crippen LogP contribution in [0.25, 0.3) is 0 Å². The van der Waals surface area contributed by atoms with Gasteiger partial charge in [0.1, 0.15) is 0 Å². The SMILES string of the molecule is Cc1onc(N)c1S(=O)(=O)N1CCCSC1. The number of aryl methyl sites for hydroxylation is 1. The van der Waals surface area contributed by atoms with Gasteiger partial charge in [-0.3, -0.25) is 0 Å². The molecule has 0 aliphatic carbocycles. The molecule has 2 rings (SSSR count). The lowest BCUT2D eigenvalue weighted by molar-refractivity contribution is 0.394. The summed E-state index contributed by atoms with van der Waals surface area (Å²) in [6, 6.07) is 0. The summed E-state index contributed by atoms with van der Waals surface area (Å²) in [6.45, 7) is 2.08. The Morgan fingerprint density at radius 2 is 2.31 bits per heavy atom. The number of sulfonamides is 1. The molecular formula is C8H13N3O3S2. The lowest BCUT2D eigenvalue weighted by Crippen LogP contribution is -2.35. The second-order valence-corrected chi connectivity index (χ2v) is 6.47. The predicted molar refractivity (Wildman–Crippen MR) is 61.5 cm³/mol. The number of aromatic nitrogens is 1. The predicted octanol–water partition coefficient (Wildman–Crippen LogP) is 0.650. The minimum absolute atomic E-state index is 0.00926. The number of rotatable bonds is 2. The Balaban J connectivity index is 2.38. The summed E-state index contributed by atoms with van der Waals surface area (Å²) in [4.78, 5) is 0.00926. The molecule has 0 radical (unpaired) electrons. The Kier molecular flexibility index (Phi) is 3.13. The Morgan fingerprint density at radius 3 is 2.81 bits per heavy atom. The van der Waals surface area contributed by atoms with Crippen LogP contribution in [0.5, 0.6) is 0 Å². The van der Waals surface area contributed by atoms with Gasteiger partial charge in [0, 0.05) is 6.54 Å². The smallest absolute Gasteiger partial charge is 0.251 e. The van der Waals surface area contributed by atoms with Gasteiger partial charge in [0.25, 0.3) is 10.0 Å². The molecule has 16 heavy (non-hydrogen) atoms. The van der Waals surface area contributed by atoms with Gasteiger partial charge in [0.2, 0.25) is 0 Å². The van der Waals surface area contributed by atoms with E-state index < -0.39 is 10.0 Å². The molecule has 0 bridgehead atoms. The molecule has 8 heteroatoms. The summed E-state index contributed by atoms with van der Waals surface area (Å²) in [6.07, 6.45) is 0.855. The third kappa shape index (κ3) is 1.92. The molecule has 6 nitrogen and oxygen atoms in total. The van der Waals surface area contributed by atoms with Crippen molar-refractivity contribution in [1.29, 1.82) is 0 Å². The maximum atomic E-state index is 12.2. The number of nitrogen functional groups attached to an aromatic ring is 1. The van der Waals surface area contributed by atoms with Gasteiger partial charge in [0.15, 0.2) is 16.5 Å². The second kappa shape index (κ2) is 4.27. The van der Waals surface area contributed by atoms with Crippen molar-refractivity contribution < 1.29 is 12.9 Å². The average Bonchev–Trinajstić information content (AvgIpc) is 2.60. The molecule has 1 aliphatic heterocycles. The van der Waals surface area contributed by atoms with Gasteiger partial charge >= 0.3 is 0 Å². The van der Waals surface area contributed by atoms with Crippen LogP contribution in [0.3, 0.4) is 0 Å². The number of nitrogens with two attached hydrogens (primary N) is 1. The quantitative estimate of drug-likeness (QED) is 0.842. The van der Waals surface area contributed by atoms with Crippen molar-refractivity contribution in [2.24, 2.45) is 0 Å². The average molecular weight is 263 g/mol. The normalized spacial score (nSPS) is 18.8. The summed E-state index contributed by atoms with van der Waals surface area (Å²) in [7, 11) is -3.55. The van der Waals surface area contributed by atoms with Crippen LogP contribution >= 0.6 is 11.8 Å². The van der Waals surface area contributed by atoms with E-state index in [9.17, 15) is 8.42 Å². The monoisotopic (exact) mass is 263 g/mol. The Hall–Kier alpha value is -0.730. The number of thioether (sulfide) groups is 1. The maximum Gasteiger partial charge on any atom is 0.251 e. The number of hydrogen-bond acceptors (Lipinski definition) is 6. The van der Waals surface area contributed by atoms with Crippen LogP contribution in [-0.2, 0) is 10.0 Å². The highest BCUT2D eigenvalue weighted by molar-refractivity contribution is 8.00. The van der Waals surface area contributed by atoms with Gasteiger partial charge in [-0.25, -0.2) is 8.42 Å². The molecule has 0 atom stereocenters. The Morgan fingerprint density at radius 1 is 1.56 bits per heavy atom. The molecule has 1 fully saturated rings. The molecule has 0 aromatic carbocycles. The highest BCUT2D eigenvalue weighted by atomic mass is 32.2. The van der Waals surface area contributed by atoms with Crippen molar-refractivity contribution in [2.75, 3.05) is 23.9 Å². The van der Waals surface area contributed by atoms with Crippen LogP contribution in [0.15, 0.2) is 9.42 Å². The van der Waals surface area contributed by atoms with Crippen molar-refractivity contribution in [3.05, 3.63) is 5.76 Å². The van der Waals surface area contributed by atoms with E-state index in [1.807, 2.05) is 0 Å². The van der Waals surface area contributed by atoms with Gasteiger partial charge < -0.3 is 10.3 Å². The molecule has 1 aromatic heterocycles. The van der Waals surface area contributed by atoms with Crippen LogP contribution in [0.1, 0.15) is 12.2 Å². The van der Waals surface area contributed by atoms with E-state index in [-0.39, 0.29) is 16.5 Å². The van der Waals surface area contributed by atoms with Crippen LogP contribution in [-0.4, -0.2) is 36.1 Å². The summed E-state index contributed by atoms with van der Waals surface area (Å²) in [5, 5.41) is 3.47. The van der Waals surface area contributed by atoms with Gasteiger partial charge in [-0.1, -0.05) is 5.16 Å². The molecule has 90 valence electrons. The Bertz CT molecular complexity index is 457. The van der Waals surface area contributed by atoms with Crippen molar-refractivity contribution in [3.8, 4) is 0 Å². The first-order valence-electron chi connectivity index (χ1n) is 4.83. The maximum absolute atomic E-state index is 12.2. The second-order valence-electron chi connectivity index (χ2n) is 3.52. The van der Waals surface area contributed by atoms with Crippen molar-refractivity contribution in [2.45, 2.75) is 18.2 Å². The molecule has 0 amide bonds. The minimum Gasteiger partial charge on any atom is -0.380 e. The van der Waals surface area contributed by atoms with E-state index in [0.29, 0.717) is 12.4 Å².